The highest BCUT2D eigenvalue weighted by Gasteiger charge is 2.21. The number of para-hydroxylation sites is 1. The molecule has 0 aliphatic rings. The van der Waals surface area contributed by atoms with Gasteiger partial charge in [0.15, 0.2) is 0 Å². The van der Waals surface area contributed by atoms with Crippen LogP contribution in [-0.4, -0.2) is 24.4 Å². The van der Waals surface area contributed by atoms with E-state index in [9.17, 15) is 9.18 Å². The summed E-state index contributed by atoms with van der Waals surface area (Å²) in [7, 11) is 0. The number of carboxylic acids is 1. The van der Waals surface area contributed by atoms with E-state index in [4.69, 9.17) is 14.3 Å². The zero-order chi connectivity index (χ0) is 23.4. The second-order valence-electron chi connectivity index (χ2n) is 8.69. The Kier molecular flexibility index (Phi) is 7.39. The van der Waals surface area contributed by atoms with Crippen LogP contribution in [0.25, 0.3) is 27.7 Å². The van der Waals surface area contributed by atoms with Crippen molar-refractivity contribution in [2.24, 2.45) is 0 Å². The minimum Gasteiger partial charge on any atom is -0.493 e. The van der Waals surface area contributed by atoms with E-state index >= 15 is 0 Å². The van der Waals surface area contributed by atoms with Crippen LogP contribution in [0.2, 0.25) is 0 Å². The molecular weight excluding hydrogens is 407 g/mol. The molecule has 2 aromatic carbocycles. The molecule has 3 aromatic rings. The Morgan fingerprint density at radius 1 is 1.12 bits per heavy atom. The Bertz CT molecular complexity index is 1140. The second kappa shape index (κ2) is 10.0. The van der Waals surface area contributed by atoms with Gasteiger partial charge in [-0.15, -0.1) is 0 Å². The Balaban J connectivity index is 2.27. The average Bonchev–Trinajstić information content (AvgIpc) is 3.17. The first-order valence-corrected chi connectivity index (χ1v) is 11.0. The predicted molar refractivity (Wildman–Crippen MR) is 127 cm³/mol. The van der Waals surface area contributed by atoms with E-state index in [2.05, 4.69) is 39.8 Å². The Morgan fingerprint density at radius 2 is 1.88 bits per heavy atom. The fourth-order valence-electron chi connectivity index (χ4n) is 3.75. The van der Waals surface area contributed by atoms with Crippen LogP contribution in [-0.2, 0) is 4.79 Å². The molecule has 4 nitrogen and oxygen atoms in total. The third-order valence-electron chi connectivity index (χ3n) is 5.52. The monoisotopic (exact) mass is 438 g/mol. The summed E-state index contributed by atoms with van der Waals surface area (Å²) in [6, 6.07) is 12.0. The van der Waals surface area contributed by atoms with Gasteiger partial charge in [0.2, 0.25) is 0 Å². The summed E-state index contributed by atoms with van der Waals surface area (Å²) in [5, 5.41) is 9.98. The van der Waals surface area contributed by atoms with Crippen molar-refractivity contribution in [2.45, 2.75) is 52.9 Å². The number of rotatable bonds is 9. The molecule has 0 aliphatic heterocycles. The van der Waals surface area contributed by atoms with Crippen molar-refractivity contribution in [3.8, 4) is 16.9 Å². The first kappa shape index (κ1) is 23.6. The van der Waals surface area contributed by atoms with Crippen molar-refractivity contribution in [3.05, 3.63) is 59.4 Å². The van der Waals surface area contributed by atoms with Crippen LogP contribution in [0.1, 0.15) is 69.8 Å². The van der Waals surface area contributed by atoms with Crippen LogP contribution < -0.4 is 4.74 Å². The number of allylic oxidation sites excluding steroid dienone is 1. The quantitative estimate of drug-likeness (QED) is 0.276. The third kappa shape index (κ3) is 5.04. The van der Waals surface area contributed by atoms with E-state index < -0.39 is 12.6 Å². The molecule has 5 heteroatoms. The number of aliphatic carboxylic acids is 1. The molecule has 3 rings (SSSR count). The van der Waals surface area contributed by atoms with Crippen LogP contribution >= 0.6 is 0 Å². The molecule has 0 saturated heterocycles. The van der Waals surface area contributed by atoms with Crippen LogP contribution in [0.5, 0.6) is 5.75 Å². The number of fused-ring (bicyclic) bond motifs is 1. The molecule has 170 valence electrons. The minimum absolute atomic E-state index is 0.222. The molecule has 0 aliphatic carbocycles. The summed E-state index contributed by atoms with van der Waals surface area (Å²) in [5.74, 6) is 0.788. The molecule has 0 radical (unpaired) electrons. The minimum atomic E-state index is -1.02. The van der Waals surface area contributed by atoms with Gasteiger partial charge in [0.1, 0.15) is 17.1 Å². The number of hydrogen-bond donors (Lipinski definition) is 1. The van der Waals surface area contributed by atoms with E-state index in [1.807, 2.05) is 24.3 Å². The predicted octanol–water partition coefficient (Wildman–Crippen LogP) is 7.57. The van der Waals surface area contributed by atoms with Crippen molar-refractivity contribution >= 4 is 22.5 Å². The topological polar surface area (TPSA) is 59.7 Å². The molecule has 0 bridgehead atoms. The summed E-state index contributed by atoms with van der Waals surface area (Å²) >= 11 is 0. The van der Waals surface area contributed by atoms with Crippen LogP contribution in [0.15, 0.2) is 46.9 Å². The van der Waals surface area contributed by atoms with Gasteiger partial charge in [0.05, 0.1) is 13.3 Å². The average molecular weight is 439 g/mol. The SMILES string of the molecule is C/C(=C/C(=O)O)c1cc2cccc(-c3cc(C(C)C)cc(C(C)C)c3OCCCF)c2o1. The number of furan rings is 1. The zero-order valence-electron chi connectivity index (χ0n) is 19.4. The van der Waals surface area contributed by atoms with Crippen LogP contribution in [0, 0.1) is 0 Å². The van der Waals surface area contributed by atoms with E-state index in [1.54, 1.807) is 6.92 Å². The van der Waals surface area contributed by atoms with Crippen LogP contribution in [0.3, 0.4) is 0 Å². The summed E-state index contributed by atoms with van der Waals surface area (Å²) in [6.07, 6.45) is 1.47. The molecule has 0 atom stereocenters. The number of ether oxygens (including phenoxy) is 1. The van der Waals surface area contributed by atoms with Crippen molar-refractivity contribution in [1.29, 1.82) is 0 Å². The summed E-state index contributed by atoms with van der Waals surface area (Å²) < 4.78 is 25.1. The first-order valence-electron chi connectivity index (χ1n) is 11.0. The Morgan fingerprint density at radius 3 is 2.50 bits per heavy atom. The largest absolute Gasteiger partial charge is 0.493 e. The van der Waals surface area contributed by atoms with E-state index in [-0.39, 0.29) is 5.92 Å². The van der Waals surface area contributed by atoms with Crippen molar-refractivity contribution in [3.63, 3.8) is 0 Å². The molecule has 32 heavy (non-hydrogen) atoms. The van der Waals surface area contributed by atoms with Gasteiger partial charge < -0.3 is 14.3 Å². The molecular formula is C27H31FO4. The molecule has 0 fully saturated rings. The molecule has 0 unspecified atom stereocenters. The van der Waals surface area contributed by atoms with Crippen molar-refractivity contribution < 1.29 is 23.4 Å². The Labute approximate surface area is 188 Å². The highest BCUT2D eigenvalue weighted by molar-refractivity contribution is 5.97. The molecule has 0 saturated carbocycles. The zero-order valence-corrected chi connectivity index (χ0v) is 19.4. The van der Waals surface area contributed by atoms with Gasteiger partial charge in [-0.2, -0.15) is 0 Å². The van der Waals surface area contributed by atoms with Gasteiger partial charge in [-0.3, -0.25) is 4.39 Å². The fraction of sp³-hybridized carbons (Fsp3) is 0.370. The van der Waals surface area contributed by atoms with Crippen LogP contribution in [0.4, 0.5) is 4.39 Å². The van der Waals surface area contributed by atoms with E-state index in [0.717, 1.165) is 33.9 Å². The number of carbonyl (C=O) groups is 1. The summed E-state index contributed by atoms with van der Waals surface area (Å²) in [5.41, 5.74) is 5.26. The molecule has 1 aromatic heterocycles. The van der Waals surface area contributed by atoms with Gasteiger partial charge in [0, 0.05) is 29.0 Å². The van der Waals surface area contributed by atoms with Gasteiger partial charge in [-0.25, -0.2) is 4.79 Å². The lowest BCUT2D eigenvalue weighted by Crippen LogP contribution is -2.05. The van der Waals surface area contributed by atoms with E-state index in [1.165, 1.54) is 5.56 Å². The number of hydrogen-bond acceptors (Lipinski definition) is 3. The normalized spacial score (nSPS) is 12.2. The summed E-state index contributed by atoms with van der Waals surface area (Å²) in [6.45, 7) is 10.1. The number of carboxylic acid groups (broad SMARTS) is 1. The Hall–Kier alpha value is -3.08. The number of halogens is 1. The fourth-order valence-corrected chi connectivity index (χ4v) is 3.75. The molecule has 1 N–H and O–H groups in total. The summed E-state index contributed by atoms with van der Waals surface area (Å²) in [4.78, 5) is 11.1. The third-order valence-corrected chi connectivity index (χ3v) is 5.52. The van der Waals surface area contributed by atoms with Gasteiger partial charge in [-0.1, -0.05) is 52.0 Å². The maximum atomic E-state index is 12.8. The smallest absolute Gasteiger partial charge is 0.328 e. The number of alkyl halides is 1. The van der Waals surface area contributed by atoms with Gasteiger partial charge >= 0.3 is 5.97 Å². The maximum absolute atomic E-state index is 12.8. The van der Waals surface area contributed by atoms with Gasteiger partial charge in [-0.05, 0) is 47.6 Å². The maximum Gasteiger partial charge on any atom is 0.328 e. The highest BCUT2D eigenvalue weighted by atomic mass is 19.1. The van der Waals surface area contributed by atoms with E-state index in [0.29, 0.717) is 35.9 Å². The lowest BCUT2D eigenvalue weighted by Gasteiger charge is -2.21. The molecule has 0 amide bonds. The standard InChI is InChI=1S/C27H31FO4/c1-16(2)20-13-22(17(3)4)27(31-11-7-10-28)23(14-20)21-9-6-8-19-15-24(32-26(19)21)18(5)12-25(29)30/h6,8-9,12-17H,7,10-11H2,1-5H3,(H,29,30)/b18-12-. The lowest BCUT2D eigenvalue weighted by molar-refractivity contribution is -0.131. The number of benzene rings is 2. The lowest BCUT2D eigenvalue weighted by atomic mass is 9.89. The van der Waals surface area contributed by atoms with Crippen molar-refractivity contribution in [1.82, 2.24) is 0 Å². The second-order valence-corrected chi connectivity index (χ2v) is 8.69. The first-order chi connectivity index (χ1) is 15.2. The molecule has 0 spiro atoms. The molecule has 1 heterocycles. The van der Waals surface area contributed by atoms with Gasteiger partial charge in [0.25, 0.3) is 0 Å². The van der Waals surface area contributed by atoms with Crippen molar-refractivity contribution in [2.75, 3.05) is 13.3 Å². The highest BCUT2D eigenvalue weighted by Crippen LogP contribution is 2.43.